The molecule has 0 fully saturated rings. The van der Waals surface area contributed by atoms with Crippen LogP contribution in [0.4, 0.5) is 0 Å². The number of hydrogen-bond acceptors (Lipinski definition) is 1. The van der Waals surface area contributed by atoms with Gasteiger partial charge in [-0.25, -0.2) is 0 Å². The topological polar surface area (TPSA) is 29.1 Å². The van der Waals surface area contributed by atoms with E-state index in [0.29, 0.717) is 0 Å². The Morgan fingerprint density at radius 1 is 1.80 bits per heavy atom. The minimum atomic E-state index is -0.394. The van der Waals surface area contributed by atoms with Crippen LogP contribution in [0, 0.1) is 5.41 Å². The second kappa shape index (κ2) is 3.40. The largest absolute Gasteiger partial charge is 0.358 e. The van der Waals surface area contributed by atoms with Crippen molar-refractivity contribution < 1.29 is 4.79 Å². The molecular weight excluding hydrogens is 126 g/mol. The number of carbonyl (C=O) groups is 1. The number of carbonyl (C=O) groups excluding carboxylic acids is 1. The average molecular weight is 141 g/mol. The summed E-state index contributed by atoms with van der Waals surface area (Å²) in [6.07, 6.45) is 2.47. The van der Waals surface area contributed by atoms with E-state index in [4.69, 9.17) is 0 Å². The van der Waals surface area contributed by atoms with Crippen molar-refractivity contribution in [2.45, 2.75) is 20.3 Å². The Bertz CT molecular complexity index is 142. The molecule has 1 atom stereocenters. The number of rotatable bonds is 3. The highest BCUT2D eigenvalue weighted by atomic mass is 16.2. The zero-order valence-corrected chi connectivity index (χ0v) is 6.90. The van der Waals surface area contributed by atoms with Crippen molar-refractivity contribution in [2.75, 3.05) is 7.05 Å². The Labute approximate surface area is 62.3 Å². The molecule has 0 radical (unpaired) electrons. The molecule has 10 heavy (non-hydrogen) atoms. The normalized spacial score (nSPS) is 15.5. The highest BCUT2D eigenvalue weighted by molar-refractivity contribution is 5.83. The standard InChI is InChI=1S/C8H15NO/c1-5-8(3,6-2)7(10)9-4/h5H,1,6H2,2-4H3,(H,9,10). The molecule has 0 aliphatic rings. The van der Waals surface area contributed by atoms with E-state index in [1.54, 1.807) is 13.1 Å². The van der Waals surface area contributed by atoms with E-state index >= 15 is 0 Å². The van der Waals surface area contributed by atoms with Crippen LogP contribution in [0.15, 0.2) is 12.7 Å². The van der Waals surface area contributed by atoms with Gasteiger partial charge in [-0.15, -0.1) is 6.58 Å². The molecule has 2 nitrogen and oxygen atoms in total. The fourth-order valence-corrected chi connectivity index (χ4v) is 0.683. The van der Waals surface area contributed by atoms with Crippen LogP contribution in [0.5, 0.6) is 0 Å². The van der Waals surface area contributed by atoms with Crippen LogP contribution < -0.4 is 5.32 Å². The number of hydrogen-bond donors (Lipinski definition) is 1. The average Bonchev–Trinajstić information content (AvgIpc) is 2.01. The summed E-state index contributed by atoms with van der Waals surface area (Å²) in [5.74, 6) is 0.0324. The second-order valence-corrected chi connectivity index (χ2v) is 2.55. The number of nitrogens with one attached hydrogen (secondary N) is 1. The zero-order valence-electron chi connectivity index (χ0n) is 6.90. The first-order chi connectivity index (χ1) is 4.60. The quantitative estimate of drug-likeness (QED) is 0.590. The molecule has 0 aliphatic carbocycles. The fraction of sp³-hybridized carbons (Fsp3) is 0.625. The molecule has 0 saturated carbocycles. The van der Waals surface area contributed by atoms with Gasteiger partial charge in [0.1, 0.15) is 0 Å². The van der Waals surface area contributed by atoms with Gasteiger partial charge in [-0.2, -0.15) is 0 Å². The lowest BCUT2D eigenvalue weighted by atomic mass is 9.87. The van der Waals surface area contributed by atoms with Gasteiger partial charge in [0, 0.05) is 7.05 Å². The van der Waals surface area contributed by atoms with Gasteiger partial charge in [0.05, 0.1) is 5.41 Å². The lowest BCUT2D eigenvalue weighted by Crippen LogP contribution is -2.34. The maximum atomic E-state index is 11.1. The minimum Gasteiger partial charge on any atom is -0.358 e. The molecule has 1 N–H and O–H groups in total. The lowest BCUT2D eigenvalue weighted by molar-refractivity contribution is -0.127. The third kappa shape index (κ3) is 1.59. The Morgan fingerprint density at radius 3 is 2.40 bits per heavy atom. The van der Waals surface area contributed by atoms with E-state index in [-0.39, 0.29) is 5.91 Å². The molecule has 0 aromatic carbocycles. The van der Waals surface area contributed by atoms with Crippen molar-refractivity contribution in [2.24, 2.45) is 5.41 Å². The van der Waals surface area contributed by atoms with E-state index in [1.807, 2.05) is 13.8 Å². The molecule has 0 heterocycles. The molecule has 0 aromatic rings. The van der Waals surface area contributed by atoms with Gasteiger partial charge in [-0.05, 0) is 13.3 Å². The Balaban J connectivity index is 4.31. The van der Waals surface area contributed by atoms with Gasteiger partial charge < -0.3 is 5.32 Å². The first kappa shape index (κ1) is 9.21. The Morgan fingerprint density at radius 2 is 2.30 bits per heavy atom. The lowest BCUT2D eigenvalue weighted by Gasteiger charge is -2.20. The van der Waals surface area contributed by atoms with Crippen LogP contribution >= 0.6 is 0 Å². The van der Waals surface area contributed by atoms with Gasteiger partial charge in [-0.1, -0.05) is 13.0 Å². The van der Waals surface area contributed by atoms with Gasteiger partial charge in [-0.3, -0.25) is 4.79 Å². The molecule has 1 amide bonds. The maximum Gasteiger partial charge on any atom is 0.229 e. The monoisotopic (exact) mass is 141 g/mol. The molecule has 0 spiro atoms. The van der Waals surface area contributed by atoms with Crippen molar-refractivity contribution in [3.63, 3.8) is 0 Å². The first-order valence-corrected chi connectivity index (χ1v) is 3.46. The summed E-state index contributed by atoms with van der Waals surface area (Å²) in [7, 11) is 1.64. The summed E-state index contributed by atoms with van der Waals surface area (Å²) in [6.45, 7) is 7.45. The molecule has 0 rings (SSSR count). The molecule has 0 saturated heterocycles. The van der Waals surface area contributed by atoms with Crippen LogP contribution in [0.2, 0.25) is 0 Å². The third-order valence-electron chi connectivity index (χ3n) is 1.93. The molecule has 0 aromatic heterocycles. The summed E-state index contributed by atoms with van der Waals surface area (Å²) in [6, 6.07) is 0. The minimum absolute atomic E-state index is 0.0324. The first-order valence-electron chi connectivity index (χ1n) is 3.46. The Hall–Kier alpha value is -0.790. The van der Waals surface area contributed by atoms with Gasteiger partial charge in [0.2, 0.25) is 5.91 Å². The van der Waals surface area contributed by atoms with E-state index in [2.05, 4.69) is 11.9 Å². The molecule has 2 heteroatoms. The van der Waals surface area contributed by atoms with Crippen molar-refractivity contribution in [1.29, 1.82) is 0 Å². The molecule has 0 bridgehead atoms. The van der Waals surface area contributed by atoms with Gasteiger partial charge >= 0.3 is 0 Å². The van der Waals surface area contributed by atoms with Crippen LogP contribution in [0.1, 0.15) is 20.3 Å². The third-order valence-corrected chi connectivity index (χ3v) is 1.93. The summed E-state index contributed by atoms with van der Waals surface area (Å²) < 4.78 is 0. The molecular formula is C8H15NO. The van der Waals surface area contributed by atoms with Crippen molar-refractivity contribution >= 4 is 5.91 Å². The van der Waals surface area contributed by atoms with Crippen LogP contribution in [-0.4, -0.2) is 13.0 Å². The SMILES string of the molecule is C=CC(C)(CC)C(=O)NC. The van der Waals surface area contributed by atoms with Crippen molar-refractivity contribution in [1.82, 2.24) is 5.32 Å². The van der Waals surface area contributed by atoms with E-state index in [9.17, 15) is 4.79 Å². The van der Waals surface area contributed by atoms with E-state index in [0.717, 1.165) is 6.42 Å². The molecule has 1 unspecified atom stereocenters. The van der Waals surface area contributed by atoms with E-state index in [1.165, 1.54) is 0 Å². The molecule has 58 valence electrons. The predicted molar refractivity (Wildman–Crippen MR) is 42.7 cm³/mol. The van der Waals surface area contributed by atoms with Gasteiger partial charge in [0.15, 0.2) is 0 Å². The smallest absolute Gasteiger partial charge is 0.229 e. The predicted octanol–water partition coefficient (Wildman–Crippen LogP) is 1.33. The Kier molecular flexibility index (Phi) is 3.13. The molecule has 0 aliphatic heterocycles. The van der Waals surface area contributed by atoms with Crippen molar-refractivity contribution in [3.8, 4) is 0 Å². The summed E-state index contributed by atoms with van der Waals surface area (Å²) in [5.41, 5.74) is -0.394. The van der Waals surface area contributed by atoms with Crippen LogP contribution in [-0.2, 0) is 4.79 Å². The number of amides is 1. The van der Waals surface area contributed by atoms with E-state index < -0.39 is 5.41 Å². The zero-order chi connectivity index (χ0) is 8.20. The summed E-state index contributed by atoms with van der Waals surface area (Å²) >= 11 is 0. The maximum absolute atomic E-state index is 11.1. The van der Waals surface area contributed by atoms with Gasteiger partial charge in [0.25, 0.3) is 0 Å². The van der Waals surface area contributed by atoms with Crippen molar-refractivity contribution in [3.05, 3.63) is 12.7 Å². The highest BCUT2D eigenvalue weighted by Crippen LogP contribution is 2.21. The van der Waals surface area contributed by atoms with Crippen LogP contribution in [0.25, 0.3) is 0 Å². The highest BCUT2D eigenvalue weighted by Gasteiger charge is 2.25. The summed E-state index contributed by atoms with van der Waals surface area (Å²) in [5, 5.41) is 2.60. The fourth-order valence-electron chi connectivity index (χ4n) is 0.683. The second-order valence-electron chi connectivity index (χ2n) is 2.55. The van der Waals surface area contributed by atoms with Crippen LogP contribution in [0.3, 0.4) is 0 Å². The summed E-state index contributed by atoms with van der Waals surface area (Å²) in [4.78, 5) is 11.1.